The number of hydrogen-bond donors (Lipinski definition) is 2. The fraction of sp³-hybridized carbons (Fsp3) is 0.929. The lowest BCUT2D eigenvalue weighted by Gasteiger charge is -2.27. The molecule has 0 saturated heterocycles. The van der Waals surface area contributed by atoms with Crippen molar-refractivity contribution in [2.45, 2.75) is 60.5 Å². The Morgan fingerprint density at radius 2 is 1.82 bits per heavy atom. The molecule has 0 heterocycles. The van der Waals surface area contributed by atoms with Crippen molar-refractivity contribution in [1.29, 1.82) is 0 Å². The molecule has 0 bridgehead atoms. The van der Waals surface area contributed by atoms with Gasteiger partial charge in [-0.3, -0.25) is 4.79 Å². The first-order valence-corrected chi connectivity index (χ1v) is 6.67. The van der Waals surface area contributed by atoms with Crippen LogP contribution in [0.3, 0.4) is 0 Å². The molecule has 0 aliphatic rings. The zero-order valence-corrected chi connectivity index (χ0v) is 12.2. The molecule has 0 saturated carbocycles. The highest BCUT2D eigenvalue weighted by molar-refractivity contribution is 5.81. The van der Waals surface area contributed by atoms with Crippen molar-refractivity contribution in [1.82, 2.24) is 5.32 Å². The molecule has 0 fully saturated rings. The lowest BCUT2D eigenvalue weighted by atomic mass is 9.83. The van der Waals surface area contributed by atoms with E-state index in [1.165, 1.54) is 0 Å². The molecule has 0 spiro atoms. The van der Waals surface area contributed by atoms with Gasteiger partial charge in [-0.05, 0) is 18.3 Å². The monoisotopic (exact) mass is 243 g/mol. The molecule has 3 heteroatoms. The van der Waals surface area contributed by atoms with E-state index in [0.29, 0.717) is 12.5 Å². The van der Waals surface area contributed by atoms with Gasteiger partial charge in [-0.15, -0.1) is 0 Å². The quantitative estimate of drug-likeness (QED) is 0.722. The average molecular weight is 243 g/mol. The zero-order chi connectivity index (χ0) is 13.6. The first-order chi connectivity index (χ1) is 7.70. The number of carbonyl (C=O) groups excluding carboxylic acids is 1. The van der Waals surface area contributed by atoms with E-state index in [9.17, 15) is 9.90 Å². The van der Waals surface area contributed by atoms with Crippen LogP contribution in [0.15, 0.2) is 0 Å². The molecule has 0 aromatic heterocycles. The van der Waals surface area contributed by atoms with E-state index in [-0.39, 0.29) is 17.2 Å². The molecule has 0 aromatic rings. The summed E-state index contributed by atoms with van der Waals surface area (Å²) in [6.45, 7) is 12.5. The smallest absolute Gasteiger partial charge is 0.225 e. The van der Waals surface area contributed by atoms with Crippen LogP contribution in [0.5, 0.6) is 0 Å². The molecule has 2 atom stereocenters. The predicted molar refractivity (Wildman–Crippen MR) is 71.7 cm³/mol. The molecule has 17 heavy (non-hydrogen) atoms. The Morgan fingerprint density at radius 3 is 2.24 bits per heavy atom. The number of carbonyl (C=O) groups is 1. The Labute approximate surface area is 106 Å². The van der Waals surface area contributed by atoms with Crippen molar-refractivity contribution in [2.24, 2.45) is 17.3 Å². The van der Waals surface area contributed by atoms with Crippen LogP contribution in [0.25, 0.3) is 0 Å². The second-order valence-corrected chi connectivity index (χ2v) is 6.14. The molecule has 0 aromatic carbocycles. The highest BCUT2D eigenvalue weighted by atomic mass is 16.3. The van der Waals surface area contributed by atoms with Crippen molar-refractivity contribution in [3.63, 3.8) is 0 Å². The third-order valence-electron chi connectivity index (χ3n) is 3.31. The van der Waals surface area contributed by atoms with Crippen LogP contribution >= 0.6 is 0 Å². The SMILES string of the molecule is CCC(C)C(O)CNC(=O)C(C)(C)CC(C)C. The standard InChI is InChI=1S/C14H29NO2/c1-7-11(4)12(16)9-15-13(17)14(5,6)8-10(2)3/h10-12,16H,7-9H2,1-6H3,(H,15,17). The lowest BCUT2D eigenvalue weighted by molar-refractivity contribution is -0.130. The van der Waals surface area contributed by atoms with Crippen molar-refractivity contribution >= 4 is 5.91 Å². The Hall–Kier alpha value is -0.570. The summed E-state index contributed by atoms with van der Waals surface area (Å²) in [7, 11) is 0. The number of aliphatic hydroxyl groups excluding tert-OH is 1. The summed E-state index contributed by atoms with van der Waals surface area (Å²) in [6, 6.07) is 0. The summed E-state index contributed by atoms with van der Waals surface area (Å²) in [4.78, 5) is 12.0. The van der Waals surface area contributed by atoms with E-state index in [2.05, 4.69) is 19.2 Å². The van der Waals surface area contributed by atoms with Gasteiger partial charge in [0.25, 0.3) is 0 Å². The van der Waals surface area contributed by atoms with Gasteiger partial charge in [0, 0.05) is 12.0 Å². The van der Waals surface area contributed by atoms with Crippen molar-refractivity contribution < 1.29 is 9.90 Å². The van der Waals surface area contributed by atoms with Gasteiger partial charge in [0.2, 0.25) is 5.91 Å². The van der Waals surface area contributed by atoms with E-state index in [1.54, 1.807) is 0 Å². The minimum atomic E-state index is -0.446. The van der Waals surface area contributed by atoms with Gasteiger partial charge in [-0.2, -0.15) is 0 Å². The van der Waals surface area contributed by atoms with Gasteiger partial charge in [-0.25, -0.2) is 0 Å². The molecule has 3 nitrogen and oxygen atoms in total. The van der Waals surface area contributed by atoms with E-state index >= 15 is 0 Å². The number of hydrogen-bond acceptors (Lipinski definition) is 2. The van der Waals surface area contributed by atoms with Gasteiger partial charge >= 0.3 is 0 Å². The van der Waals surface area contributed by atoms with E-state index in [1.807, 2.05) is 27.7 Å². The molecule has 102 valence electrons. The van der Waals surface area contributed by atoms with Crippen LogP contribution in [0.4, 0.5) is 0 Å². The van der Waals surface area contributed by atoms with Gasteiger partial charge in [0.15, 0.2) is 0 Å². The summed E-state index contributed by atoms with van der Waals surface area (Å²) in [5.41, 5.74) is -0.358. The molecular weight excluding hydrogens is 214 g/mol. The van der Waals surface area contributed by atoms with Gasteiger partial charge < -0.3 is 10.4 Å². The maximum absolute atomic E-state index is 12.0. The summed E-state index contributed by atoms with van der Waals surface area (Å²) in [5, 5.41) is 12.7. The summed E-state index contributed by atoms with van der Waals surface area (Å²) >= 11 is 0. The van der Waals surface area contributed by atoms with Crippen molar-refractivity contribution in [2.75, 3.05) is 6.54 Å². The fourth-order valence-corrected chi connectivity index (χ4v) is 2.02. The Kier molecular flexibility index (Phi) is 6.76. The van der Waals surface area contributed by atoms with Crippen molar-refractivity contribution in [3.8, 4) is 0 Å². The van der Waals surface area contributed by atoms with Crippen LogP contribution < -0.4 is 5.32 Å². The maximum Gasteiger partial charge on any atom is 0.225 e. The molecule has 0 rings (SSSR count). The molecule has 2 N–H and O–H groups in total. The molecule has 0 aliphatic carbocycles. The summed E-state index contributed by atoms with van der Waals surface area (Å²) < 4.78 is 0. The third-order valence-corrected chi connectivity index (χ3v) is 3.31. The van der Waals surface area contributed by atoms with Crippen LogP contribution in [0.1, 0.15) is 54.4 Å². The van der Waals surface area contributed by atoms with E-state index in [4.69, 9.17) is 0 Å². The van der Waals surface area contributed by atoms with Crippen LogP contribution in [-0.4, -0.2) is 23.7 Å². The third kappa shape index (κ3) is 6.06. The number of amides is 1. The van der Waals surface area contributed by atoms with Crippen LogP contribution in [0.2, 0.25) is 0 Å². The minimum Gasteiger partial charge on any atom is -0.391 e. The number of aliphatic hydroxyl groups is 1. The predicted octanol–water partition coefficient (Wildman–Crippen LogP) is 2.58. The Bertz CT molecular complexity index is 236. The molecule has 1 amide bonds. The molecule has 0 radical (unpaired) electrons. The molecule has 0 aliphatic heterocycles. The summed E-state index contributed by atoms with van der Waals surface area (Å²) in [6.07, 6.45) is 1.34. The van der Waals surface area contributed by atoms with Crippen LogP contribution in [-0.2, 0) is 4.79 Å². The minimum absolute atomic E-state index is 0.0357. The first kappa shape index (κ1) is 16.4. The topological polar surface area (TPSA) is 49.3 Å². The van der Waals surface area contributed by atoms with Crippen molar-refractivity contribution in [3.05, 3.63) is 0 Å². The average Bonchev–Trinajstić information content (AvgIpc) is 2.22. The summed E-state index contributed by atoms with van der Waals surface area (Å²) in [5.74, 6) is 0.757. The normalized spacial score (nSPS) is 15.8. The fourth-order valence-electron chi connectivity index (χ4n) is 2.02. The highest BCUT2D eigenvalue weighted by Crippen LogP contribution is 2.25. The first-order valence-electron chi connectivity index (χ1n) is 6.67. The largest absolute Gasteiger partial charge is 0.391 e. The molecular formula is C14H29NO2. The Balaban J connectivity index is 4.17. The van der Waals surface area contributed by atoms with Crippen LogP contribution in [0, 0.1) is 17.3 Å². The number of rotatable bonds is 7. The van der Waals surface area contributed by atoms with Gasteiger partial charge in [-0.1, -0.05) is 48.0 Å². The second kappa shape index (κ2) is 7.00. The van der Waals surface area contributed by atoms with E-state index < -0.39 is 6.10 Å². The van der Waals surface area contributed by atoms with Gasteiger partial charge in [0.05, 0.1) is 6.10 Å². The second-order valence-electron chi connectivity index (χ2n) is 6.14. The highest BCUT2D eigenvalue weighted by Gasteiger charge is 2.28. The Morgan fingerprint density at radius 1 is 1.29 bits per heavy atom. The zero-order valence-electron chi connectivity index (χ0n) is 12.2. The maximum atomic E-state index is 12.0. The number of nitrogens with one attached hydrogen (secondary N) is 1. The van der Waals surface area contributed by atoms with Gasteiger partial charge in [0.1, 0.15) is 0 Å². The van der Waals surface area contributed by atoms with E-state index in [0.717, 1.165) is 12.8 Å². The lowest BCUT2D eigenvalue weighted by Crippen LogP contribution is -2.42. The molecule has 2 unspecified atom stereocenters.